The summed E-state index contributed by atoms with van der Waals surface area (Å²) in [5, 5.41) is 13.0. The van der Waals surface area contributed by atoms with E-state index < -0.39 is 0 Å². The van der Waals surface area contributed by atoms with Crippen molar-refractivity contribution in [3.05, 3.63) is 59.1 Å². The lowest BCUT2D eigenvalue weighted by Crippen LogP contribution is -2.17. The van der Waals surface area contributed by atoms with Gasteiger partial charge in [0, 0.05) is 19.2 Å². The summed E-state index contributed by atoms with van der Waals surface area (Å²) in [4.78, 5) is 12.7. The third-order valence-electron chi connectivity index (χ3n) is 2.77. The molecule has 0 saturated carbocycles. The van der Waals surface area contributed by atoms with Crippen LogP contribution in [-0.2, 0) is 13.1 Å². The maximum Gasteiger partial charge on any atom is 0.283 e. The number of nitrogens with zero attached hydrogens (tertiary/aromatic N) is 2. The molecule has 0 N–H and O–H groups in total. The lowest BCUT2D eigenvalue weighted by atomic mass is 10.2. The molecule has 106 valence electrons. The highest BCUT2D eigenvalue weighted by atomic mass is 79.9. The average Bonchev–Trinajstić information content (AvgIpc) is 2.77. The van der Waals surface area contributed by atoms with Gasteiger partial charge >= 0.3 is 0 Å². The van der Waals surface area contributed by atoms with Gasteiger partial charge in [-0.2, -0.15) is 0 Å². The Morgan fingerprint density at radius 2 is 2.10 bits per heavy atom. The van der Waals surface area contributed by atoms with E-state index in [2.05, 4.69) is 48.2 Å². The lowest BCUT2D eigenvalue weighted by molar-refractivity contribution is -0.385. The van der Waals surface area contributed by atoms with Crippen molar-refractivity contribution in [1.82, 2.24) is 4.90 Å². The summed E-state index contributed by atoms with van der Waals surface area (Å²) in [7, 11) is 2.00. The summed E-state index contributed by atoms with van der Waals surface area (Å²) in [6.45, 7) is 1.45. The van der Waals surface area contributed by atoms with Crippen molar-refractivity contribution < 1.29 is 4.92 Å². The van der Waals surface area contributed by atoms with Crippen molar-refractivity contribution in [3.8, 4) is 0 Å². The molecule has 1 aromatic carbocycles. The van der Waals surface area contributed by atoms with Gasteiger partial charge in [0.2, 0.25) is 0 Å². The average molecular weight is 420 g/mol. The van der Waals surface area contributed by atoms with Crippen LogP contribution in [0.15, 0.2) is 37.9 Å². The van der Waals surface area contributed by atoms with Crippen LogP contribution in [0.25, 0.3) is 0 Å². The highest BCUT2D eigenvalue weighted by Gasteiger charge is 2.15. The molecule has 0 aliphatic heterocycles. The standard InChI is InChI=1S/C13H12Br2N2O2S/c1-16(6-9-5-12(14)20-8-9)7-10-3-2-4-11(13(10)15)17(18)19/h2-5,8H,6-7H2,1H3. The maximum atomic E-state index is 10.9. The first-order valence-electron chi connectivity index (χ1n) is 5.80. The fourth-order valence-corrected chi connectivity index (χ4v) is 3.65. The minimum Gasteiger partial charge on any atom is -0.298 e. The molecule has 1 aromatic heterocycles. The van der Waals surface area contributed by atoms with E-state index in [1.807, 2.05) is 13.1 Å². The number of nitro groups is 1. The second kappa shape index (κ2) is 6.80. The Bertz CT molecular complexity index is 631. The molecule has 0 aliphatic rings. The Kier molecular flexibility index (Phi) is 5.31. The highest BCUT2D eigenvalue weighted by Crippen LogP contribution is 2.29. The number of benzene rings is 1. The smallest absolute Gasteiger partial charge is 0.283 e. The summed E-state index contributed by atoms with van der Waals surface area (Å²) in [6, 6.07) is 7.21. The molecule has 7 heteroatoms. The van der Waals surface area contributed by atoms with Crippen molar-refractivity contribution in [3.63, 3.8) is 0 Å². The lowest BCUT2D eigenvalue weighted by Gasteiger charge is -2.16. The third-order valence-corrected chi connectivity index (χ3v) is 5.24. The Morgan fingerprint density at radius 1 is 1.35 bits per heavy atom. The number of hydrogen-bond donors (Lipinski definition) is 0. The normalized spacial score (nSPS) is 11.0. The van der Waals surface area contributed by atoms with Crippen LogP contribution in [0.5, 0.6) is 0 Å². The Morgan fingerprint density at radius 3 is 2.70 bits per heavy atom. The number of rotatable bonds is 5. The molecule has 1 heterocycles. The molecule has 4 nitrogen and oxygen atoms in total. The van der Waals surface area contributed by atoms with Crippen molar-refractivity contribution in [2.45, 2.75) is 13.1 Å². The maximum absolute atomic E-state index is 10.9. The molecular formula is C13H12Br2N2O2S. The molecule has 2 rings (SSSR count). The van der Waals surface area contributed by atoms with Gasteiger partial charge in [0.05, 0.1) is 13.2 Å². The zero-order valence-electron chi connectivity index (χ0n) is 10.7. The zero-order valence-corrected chi connectivity index (χ0v) is 14.7. The van der Waals surface area contributed by atoms with Crippen LogP contribution >= 0.6 is 43.2 Å². The first-order valence-corrected chi connectivity index (χ1v) is 8.27. The molecule has 0 bridgehead atoms. The van der Waals surface area contributed by atoms with Gasteiger partial charge in [-0.15, -0.1) is 11.3 Å². The summed E-state index contributed by atoms with van der Waals surface area (Å²) >= 11 is 8.42. The molecule has 0 fully saturated rings. The number of hydrogen-bond acceptors (Lipinski definition) is 4. The van der Waals surface area contributed by atoms with Gasteiger partial charge in [0.15, 0.2) is 0 Å². The fourth-order valence-electron chi connectivity index (χ4n) is 1.92. The van der Waals surface area contributed by atoms with Gasteiger partial charge in [-0.25, -0.2) is 0 Å². The first kappa shape index (κ1) is 15.6. The zero-order chi connectivity index (χ0) is 14.7. The van der Waals surface area contributed by atoms with Crippen LogP contribution in [0.3, 0.4) is 0 Å². The van der Waals surface area contributed by atoms with E-state index in [1.165, 1.54) is 11.6 Å². The van der Waals surface area contributed by atoms with E-state index in [-0.39, 0.29) is 10.6 Å². The molecule has 0 unspecified atom stereocenters. The van der Waals surface area contributed by atoms with E-state index in [1.54, 1.807) is 17.4 Å². The molecular weight excluding hydrogens is 408 g/mol. The summed E-state index contributed by atoms with van der Waals surface area (Å²) in [6.07, 6.45) is 0. The number of halogens is 2. The molecule has 0 spiro atoms. The van der Waals surface area contributed by atoms with E-state index >= 15 is 0 Å². The number of nitro benzene ring substituents is 1. The van der Waals surface area contributed by atoms with Gasteiger partial charge in [-0.05, 0) is 61.5 Å². The summed E-state index contributed by atoms with van der Waals surface area (Å²) < 4.78 is 1.67. The Hall–Kier alpha value is -0.760. The van der Waals surface area contributed by atoms with Crippen LogP contribution in [0.4, 0.5) is 5.69 Å². The monoisotopic (exact) mass is 418 g/mol. The van der Waals surface area contributed by atoms with Crippen molar-refractivity contribution in [2.75, 3.05) is 7.05 Å². The van der Waals surface area contributed by atoms with Crippen LogP contribution in [0.1, 0.15) is 11.1 Å². The topological polar surface area (TPSA) is 46.4 Å². The Labute approximate surface area is 137 Å². The van der Waals surface area contributed by atoms with Gasteiger partial charge in [0.25, 0.3) is 5.69 Å². The van der Waals surface area contributed by atoms with Crippen LogP contribution < -0.4 is 0 Å². The molecule has 2 aromatic rings. The highest BCUT2D eigenvalue weighted by molar-refractivity contribution is 9.11. The van der Waals surface area contributed by atoms with Gasteiger partial charge < -0.3 is 0 Å². The van der Waals surface area contributed by atoms with Crippen LogP contribution in [0.2, 0.25) is 0 Å². The van der Waals surface area contributed by atoms with E-state index in [0.29, 0.717) is 11.0 Å². The second-order valence-electron chi connectivity index (χ2n) is 4.44. The first-order chi connectivity index (χ1) is 9.47. The van der Waals surface area contributed by atoms with Crippen molar-refractivity contribution in [2.24, 2.45) is 0 Å². The SMILES string of the molecule is CN(Cc1csc(Br)c1)Cc1cccc([N+](=O)[O-])c1Br. The fraction of sp³-hybridized carbons (Fsp3) is 0.231. The largest absolute Gasteiger partial charge is 0.298 e. The number of thiophene rings is 1. The van der Waals surface area contributed by atoms with E-state index in [9.17, 15) is 10.1 Å². The molecule has 0 saturated heterocycles. The summed E-state index contributed by atoms with van der Waals surface area (Å²) in [5.41, 5.74) is 2.25. The molecule has 0 radical (unpaired) electrons. The minimum absolute atomic E-state index is 0.106. The van der Waals surface area contributed by atoms with Crippen LogP contribution in [-0.4, -0.2) is 16.9 Å². The molecule has 0 atom stereocenters. The predicted octanol–water partition coefficient (Wildman–Crippen LogP) is 4.81. The molecule has 0 amide bonds. The van der Waals surface area contributed by atoms with Gasteiger partial charge in [-0.3, -0.25) is 15.0 Å². The van der Waals surface area contributed by atoms with Gasteiger partial charge in [0.1, 0.15) is 0 Å². The molecule has 0 aliphatic carbocycles. The minimum atomic E-state index is -0.371. The molecule has 20 heavy (non-hydrogen) atoms. The quantitative estimate of drug-likeness (QED) is 0.515. The van der Waals surface area contributed by atoms with Crippen molar-refractivity contribution >= 4 is 48.9 Å². The van der Waals surface area contributed by atoms with E-state index in [0.717, 1.165) is 15.9 Å². The Balaban J connectivity index is 2.09. The van der Waals surface area contributed by atoms with Crippen LogP contribution in [0, 0.1) is 10.1 Å². The van der Waals surface area contributed by atoms with E-state index in [4.69, 9.17) is 0 Å². The van der Waals surface area contributed by atoms with Crippen molar-refractivity contribution in [1.29, 1.82) is 0 Å². The predicted molar refractivity (Wildman–Crippen MR) is 88.0 cm³/mol. The van der Waals surface area contributed by atoms with Gasteiger partial charge in [-0.1, -0.05) is 12.1 Å². The third kappa shape index (κ3) is 3.88. The summed E-state index contributed by atoms with van der Waals surface area (Å²) in [5.74, 6) is 0. The second-order valence-corrected chi connectivity index (χ2v) is 7.52.